The number of aromatic carboxylic acids is 3. The number of nitro groups is 3. The van der Waals surface area contributed by atoms with Crippen LogP contribution in [0.5, 0.6) is 0 Å². The molecule has 0 fully saturated rings. The van der Waals surface area contributed by atoms with Crippen molar-refractivity contribution in [3.05, 3.63) is 120 Å². The van der Waals surface area contributed by atoms with Crippen LogP contribution < -0.4 is 0 Å². The number of hydrogen-bond donors (Lipinski definition) is 3. The van der Waals surface area contributed by atoms with Gasteiger partial charge in [-0.3, -0.25) is 30.3 Å². The third kappa shape index (κ3) is 11.2. The van der Waals surface area contributed by atoms with Gasteiger partial charge in [0.15, 0.2) is 0 Å². The van der Waals surface area contributed by atoms with E-state index in [1.54, 1.807) is 0 Å². The van der Waals surface area contributed by atoms with Crippen molar-refractivity contribution >= 4 is 35.0 Å². The van der Waals surface area contributed by atoms with Gasteiger partial charge >= 0.3 is 17.9 Å². The molecule has 0 heterocycles. The van der Waals surface area contributed by atoms with Crippen LogP contribution in [0.4, 0.5) is 17.1 Å². The van der Waals surface area contributed by atoms with E-state index in [2.05, 4.69) is 0 Å². The van der Waals surface area contributed by atoms with Gasteiger partial charge in [-0.2, -0.15) is 0 Å². The summed E-state index contributed by atoms with van der Waals surface area (Å²) < 4.78 is 0. The molecule has 0 atom stereocenters. The predicted molar refractivity (Wildman–Crippen MR) is 120 cm³/mol. The number of carbonyl (C=O) groups is 3. The smallest absolute Gasteiger partial charge is 0.335 e. The molecule has 0 amide bonds. The molecule has 0 aliphatic carbocycles. The average Bonchev–Trinajstić information content (AvgIpc) is 2.85. The van der Waals surface area contributed by atoms with Crippen LogP contribution in [-0.4, -0.2) is 48.0 Å². The Hall–Kier alpha value is -4.44. The number of non-ortho nitro benzene ring substituents is 3. The molecule has 0 saturated carbocycles. The molecule has 0 saturated heterocycles. The molecule has 37 heavy (non-hydrogen) atoms. The Morgan fingerprint density at radius 3 is 0.892 bits per heavy atom. The fourth-order valence-corrected chi connectivity index (χ4v) is 2.26. The molecule has 3 aromatic rings. The molecule has 16 heteroatoms. The van der Waals surface area contributed by atoms with Crippen LogP contribution in [-0.2, 0) is 0 Å². The molecule has 3 aromatic carbocycles. The van der Waals surface area contributed by atoms with Gasteiger partial charge in [-0.1, -0.05) is 18.2 Å². The van der Waals surface area contributed by atoms with Gasteiger partial charge in [0.2, 0.25) is 0 Å². The first-order valence-electron chi connectivity index (χ1n) is 9.26. The summed E-state index contributed by atoms with van der Waals surface area (Å²) in [7, 11) is 0. The molecule has 15 nitrogen and oxygen atoms in total. The first-order chi connectivity index (χ1) is 16.8. The number of nitrogens with zero attached hydrogens (tertiary/aromatic N) is 3. The Morgan fingerprint density at radius 1 is 0.514 bits per heavy atom. The van der Waals surface area contributed by atoms with E-state index in [0.29, 0.717) is 0 Å². The van der Waals surface area contributed by atoms with Crippen molar-refractivity contribution < 1.29 is 83.1 Å². The number of benzene rings is 3. The van der Waals surface area contributed by atoms with E-state index in [-0.39, 0.29) is 72.4 Å². The molecule has 195 valence electrons. The second-order valence-electron chi connectivity index (χ2n) is 6.34. The maximum atomic E-state index is 10.4. The van der Waals surface area contributed by atoms with E-state index in [9.17, 15) is 44.7 Å². The van der Waals surface area contributed by atoms with Crippen molar-refractivity contribution in [2.45, 2.75) is 0 Å². The van der Waals surface area contributed by atoms with Crippen molar-refractivity contribution in [3.63, 3.8) is 0 Å². The molecular formula is C21H15N3O12Tb. The Bertz CT molecular complexity index is 1080. The average molecular weight is 660 g/mol. The number of carboxylic acid groups (broad SMARTS) is 3. The van der Waals surface area contributed by atoms with Crippen LogP contribution in [0.3, 0.4) is 0 Å². The zero-order valence-electron chi connectivity index (χ0n) is 18.1. The van der Waals surface area contributed by atoms with Crippen LogP contribution >= 0.6 is 0 Å². The summed E-state index contributed by atoms with van der Waals surface area (Å²) >= 11 is 0. The molecular weight excluding hydrogens is 645 g/mol. The van der Waals surface area contributed by atoms with Crippen molar-refractivity contribution in [1.29, 1.82) is 0 Å². The topological polar surface area (TPSA) is 241 Å². The largest absolute Gasteiger partial charge is 0.478 e. The maximum Gasteiger partial charge on any atom is 0.335 e. The Morgan fingerprint density at radius 2 is 0.730 bits per heavy atom. The summed E-state index contributed by atoms with van der Waals surface area (Å²) in [6.07, 6.45) is 0. The van der Waals surface area contributed by atoms with E-state index >= 15 is 0 Å². The van der Waals surface area contributed by atoms with E-state index in [1.165, 1.54) is 54.6 Å². The summed E-state index contributed by atoms with van der Waals surface area (Å²) in [6, 6.07) is 14.7. The number of carboxylic acids is 3. The molecule has 1 radical (unpaired) electrons. The van der Waals surface area contributed by atoms with E-state index in [0.717, 1.165) is 18.2 Å². The fourth-order valence-electron chi connectivity index (χ4n) is 2.26. The van der Waals surface area contributed by atoms with Gasteiger partial charge in [0, 0.05) is 75.0 Å². The first kappa shape index (κ1) is 32.6. The normalized spacial score (nSPS) is 9.08. The van der Waals surface area contributed by atoms with Gasteiger partial charge in [0.05, 0.1) is 31.5 Å². The molecule has 0 spiro atoms. The van der Waals surface area contributed by atoms with E-state index < -0.39 is 32.7 Å². The first-order valence-corrected chi connectivity index (χ1v) is 9.26. The van der Waals surface area contributed by atoms with Gasteiger partial charge in [-0.15, -0.1) is 0 Å². The third-order valence-corrected chi connectivity index (χ3v) is 3.91. The number of nitro benzene ring substituents is 3. The summed E-state index contributed by atoms with van der Waals surface area (Å²) in [5.41, 5.74) is -0.877. The van der Waals surface area contributed by atoms with Crippen molar-refractivity contribution in [1.82, 2.24) is 0 Å². The maximum absolute atomic E-state index is 10.4. The molecule has 3 N–H and O–H groups in total. The van der Waals surface area contributed by atoms with Gasteiger partial charge in [-0.25, -0.2) is 14.4 Å². The van der Waals surface area contributed by atoms with Gasteiger partial charge in [-0.05, 0) is 18.2 Å². The Balaban J connectivity index is 0.000000518. The number of rotatable bonds is 6. The van der Waals surface area contributed by atoms with Gasteiger partial charge in [0.1, 0.15) is 0 Å². The second kappa shape index (κ2) is 15.5. The Labute approximate surface area is 236 Å². The second-order valence-corrected chi connectivity index (χ2v) is 6.34. The van der Waals surface area contributed by atoms with Crippen LogP contribution in [0, 0.1) is 69.0 Å². The van der Waals surface area contributed by atoms with Crippen LogP contribution in [0.1, 0.15) is 31.1 Å². The van der Waals surface area contributed by atoms with Crippen molar-refractivity contribution in [2.24, 2.45) is 0 Å². The minimum absolute atomic E-state index is 0. The SMILES string of the molecule is O=C(O)c1cccc([N+](=O)[O-])c1.O=C(O)c1cccc([N+](=O)[O-])c1.O=C(O)c1cccc([N+](=O)[O-])c1.[Tb]. The van der Waals surface area contributed by atoms with Crippen molar-refractivity contribution in [2.75, 3.05) is 0 Å². The van der Waals surface area contributed by atoms with Crippen LogP contribution in [0.25, 0.3) is 0 Å². The fraction of sp³-hybridized carbons (Fsp3) is 0. The zero-order chi connectivity index (χ0) is 27.4. The van der Waals surface area contributed by atoms with E-state index in [4.69, 9.17) is 15.3 Å². The summed E-state index contributed by atoms with van der Waals surface area (Å²) in [6.45, 7) is 0. The molecule has 3 rings (SSSR count). The molecule has 0 unspecified atom stereocenters. The van der Waals surface area contributed by atoms with Crippen molar-refractivity contribution in [3.8, 4) is 0 Å². The predicted octanol–water partition coefficient (Wildman–Crippen LogP) is 3.88. The van der Waals surface area contributed by atoms with Gasteiger partial charge < -0.3 is 15.3 Å². The molecule has 0 aliphatic rings. The van der Waals surface area contributed by atoms with Gasteiger partial charge in [0.25, 0.3) is 17.1 Å². The summed E-state index contributed by atoms with van der Waals surface area (Å²) in [4.78, 5) is 59.7. The standard InChI is InChI=1S/3C7H5NO4.Tb/c3*9-7(10)5-2-1-3-6(4-5)8(11)12;/h3*1-4H,(H,9,10);. The van der Waals surface area contributed by atoms with Crippen LogP contribution in [0.2, 0.25) is 0 Å². The van der Waals surface area contributed by atoms with E-state index in [1.807, 2.05) is 0 Å². The zero-order valence-corrected chi connectivity index (χ0v) is 20.3. The molecule has 0 aromatic heterocycles. The Kier molecular flexibility index (Phi) is 13.7. The quantitative estimate of drug-likeness (QED) is 0.252. The van der Waals surface area contributed by atoms with Crippen LogP contribution in [0.15, 0.2) is 72.8 Å². The summed E-state index contributed by atoms with van der Waals surface area (Å²) in [5.74, 6) is -3.50. The monoisotopic (exact) mass is 660 g/mol. The minimum Gasteiger partial charge on any atom is -0.478 e. The minimum atomic E-state index is -1.17. The summed E-state index contributed by atoms with van der Waals surface area (Å²) in [5, 5.41) is 56.0. The molecule has 0 bridgehead atoms. The third-order valence-electron chi connectivity index (χ3n) is 3.91. The molecule has 0 aliphatic heterocycles. The number of hydrogen-bond acceptors (Lipinski definition) is 9.